The first-order valence-electron chi connectivity index (χ1n) is 12.9. The number of hydrogen-bond acceptors (Lipinski definition) is 9. The second-order valence-electron chi connectivity index (χ2n) is 11.0. The van der Waals surface area contributed by atoms with Crippen molar-refractivity contribution >= 4 is 24.3 Å². The van der Waals surface area contributed by atoms with Gasteiger partial charge < -0.3 is 10.1 Å². The molecule has 1 aromatic heterocycles. The molecule has 1 aliphatic rings. The SMILES string of the molecule is C=CC(CC1(C)CC1(CC(=O)OC(C)(C)C)N=C)Nc1nc(=O)n(C/C(C)=N/N(C=C)CC)c(=O)n1CC. The van der Waals surface area contributed by atoms with E-state index in [9.17, 15) is 14.4 Å². The second-order valence-corrected chi connectivity index (χ2v) is 11.0. The lowest BCUT2D eigenvalue weighted by atomic mass is 9.91. The zero-order valence-electron chi connectivity index (χ0n) is 23.9. The van der Waals surface area contributed by atoms with Crippen LogP contribution in [0.1, 0.15) is 67.7 Å². The molecule has 3 atom stereocenters. The maximum absolute atomic E-state index is 13.2. The van der Waals surface area contributed by atoms with E-state index in [0.29, 0.717) is 31.6 Å². The Labute approximate surface area is 225 Å². The molecule has 0 amide bonds. The molecule has 0 aromatic carbocycles. The fraction of sp³-hybridized carbons (Fsp3) is 0.630. The van der Waals surface area contributed by atoms with Crippen molar-refractivity contribution in [2.75, 3.05) is 11.9 Å². The molecule has 1 heterocycles. The fourth-order valence-electron chi connectivity index (χ4n) is 4.68. The molecule has 2 rings (SSSR count). The number of esters is 1. The Kier molecular flexibility index (Phi) is 9.63. The maximum atomic E-state index is 13.2. The highest BCUT2D eigenvalue weighted by Crippen LogP contribution is 2.63. The summed E-state index contributed by atoms with van der Waals surface area (Å²) in [4.78, 5) is 47.1. The highest BCUT2D eigenvalue weighted by molar-refractivity contribution is 5.81. The van der Waals surface area contributed by atoms with Crippen LogP contribution in [-0.4, -0.2) is 61.3 Å². The summed E-state index contributed by atoms with van der Waals surface area (Å²) in [6, 6.07) is -0.337. The van der Waals surface area contributed by atoms with Crippen LogP contribution in [0.15, 0.2) is 45.1 Å². The van der Waals surface area contributed by atoms with E-state index in [0.717, 1.165) is 4.57 Å². The highest BCUT2D eigenvalue weighted by Gasteiger charge is 2.65. The molecular formula is C27H43N7O4. The Hall–Kier alpha value is -3.50. The number of hydrazone groups is 1. The number of anilines is 1. The van der Waals surface area contributed by atoms with Gasteiger partial charge in [-0.3, -0.25) is 19.4 Å². The van der Waals surface area contributed by atoms with Gasteiger partial charge in [-0.15, -0.1) is 6.58 Å². The van der Waals surface area contributed by atoms with Crippen molar-refractivity contribution in [3.8, 4) is 0 Å². The standard InChI is InChI=1S/C27H43N7O4/c1-11-20(15-26(9)18-27(26,28-10)16-21(35)38-25(6,7)8)29-22-30-23(36)34(24(37)33(22)14-4)17-19(5)31-32(12-2)13-3/h11-12,20H,1-2,10,13-18H2,3-9H3,(H,29,30,36)/b31-19+. The van der Waals surface area contributed by atoms with E-state index in [-0.39, 0.29) is 36.3 Å². The molecule has 11 nitrogen and oxygen atoms in total. The summed E-state index contributed by atoms with van der Waals surface area (Å²) in [5.41, 5.74) is -2.18. The van der Waals surface area contributed by atoms with Crippen LogP contribution >= 0.6 is 0 Å². The molecule has 1 aliphatic carbocycles. The van der Waals surface area contributed by atoms with Gasteiger partial charge in [0.1, 0.15) is 5.60 Å². The largest absolute Gasteiger partial charge is 0.460 e. The van der Waals surface area contributed by atoms with E-state index in [1.54, 1.807) is 31.1 Å². The molecule has 210 valence electrons. The molecule has 0 spiro atoms. The van der Waals surface area contributed by atoms with Gasteiger partial charge in [-0.05, 0) is 66.5 Å². The summed E-state index contributed by atoms with van der Waals surface area (Å²) >= 11 is 0. The summed E-state index contributed by atoms with van der Waals surface area (Å²) in [5, 5.41) is 9.18. The average molecular weight is 530 g/mol. The van der Waals surface area contributed by atoms with Crippen molar-refractivity contribution in [1.29, 1.82) is 0 Å². The third-order valence-corrected chi connectivity index (χ3v) is 6.80. The summed E-state index contributed by atoms with van der Waals surface area (Å²) in [7, 11) is 0. The second kappa shape index (κ2) is 11.9. The van der Waals surface area contributed by atoms with Gasteiger partial charge >= 0.3 is 17.3 Å². The van der Waals surface area contributed by atoms with E-state index in [4.69, 9.17) is 4.74 Å². The third-order valence-electron chi connectivity index (χ3n) is 6.80. The number of hydrogen-bond donors (Lipinski definition) is 1. The molecule has 1 saturated carbocycles. The smallest absolute Gasteiger partial charge is 0.355 e. The predicted octanol–water partition coefficient (Wildman–Crippen LogP) is 3.20. The summed E-state index contributed by atoms with van der Waals surface area (Å²) in [5.74, 6) is -0.163. The van der Waals surface area contributed by atoms with Crippen LogP contribution < -0.4 is 16.7 Å². The van der Waals surface area contributed by atoms with Crippen LogP contribution in [-0.2, 0) is 22.6 Å². The predicted molar refractivity (Wildman–Crippen MR) is 152 cm³/mol. The Bertz CT molecular complexity index is 1210. The molecule has 3 unspecified atom stereocenters. The normalized spacial score (nSPS) is 21.8. The van der Waals surface area contributed by atoms with E-state index in [1.165, 1.54) is 4.57 Å². The molecular weight excluding hydrogens is 486 g/mol. The maximum Gasteiger partial charge on any atom is 0.355 e. The zero-order chi connectivity index (χ0) is 28.9. The van der Waals surface area contributed by atoms with Crippen molar-refractivity contribution in [3.05, 3.63) is 46.4 Å². The van der Waals surface area contributed by atoms with Crippen molar-refractivity contribution in [3.63, 3.8) is 0 Å². The quantitative estimate of drug-likeness (QED) is 0.170. The van der Waals surface area contributed by atoms with Gasteiger partial charge in [0.05, 0.1) is 24.2 Å². The Balaban J connectivity index is 2.26. The van der Waals surface area contributed by atoms with Crippen LogP contribution in [0.5, 0.6) is 0 Å². The molecule has 0 aliphatic heterocycles. The minimum absolute atomic E-state index is 0.0104. The van der Waals surface area contributed by atoms with Gasteiger partial charge in [-0.2, -0.15) is 10.1 Å². The summed E-state index contributed by atoms with van der Waals surface area (Å²) in [6.07, 6.45) is 4.60. The van der Waals surface area contributed by atoms with Crippen molar-refractivity contribution in [2.24, 2.45) is 15.5 Å². The van der Waals surface area contributed by atoms with Gasteiger partial charge in [0, 0.05) is 25.3 Å². The molecule has 0 saturated heterocycles. The van der Waals surface area contributed by atoms with Gasteiger partial charge in [0.25, 0.3) is 0 Å². The van der Waals surface area contributed by atoms with Gasteiger partial charge in [0.15, 0.2) is 0 Å². The van der Waals surface area contributed by atoms with Crippen molar-refractivity contribution in [2.45, 2.75) is 98.0 Å². The number of rotatable bonds is 14. The van der Waals surface area contributed by atoms with E-state index in [1.807, 2.05) is 34.6 Å². The lowest BCUT2D eigenvalue weighted by Crippen LogP contribution is -2.44. The molecule has 0 bridgehead atoms. The van der Waals surface area contributed by atoms with Crippen LogP contribution in [0, 0.1) is 5.41 Å². The van der Waals surface area contributed by atoms with Crippen LogP contribution in [0.4, 0.5) is 5.95 Å². The Morgan fingerprint density at radius 1 is 1.29 bits per heavy atom. The first-order chi connectivity index (χ1) is 17.7. The van der Waals surface area contributed by atoms with Crippen LogP contribution in [0.25, 0.3) is 0 Å². The van der Waals surface area contributed by atoms with Gasteiger partial charge in [0.2, 0.25) is 5.95 Å². The third kappa shape index (κ3) is 7.08. The minimum Gasteiger partial charge on any atom is -0.460 e. The molecule has 11 heteroatoms. The Morgan fingerprint density at radius 2 is 1.95 bits per heavy atom. The van der Waals surface area contributed by atoms with Crippen LogP contribution in [0.2, 0.25) is 0 Å². The monoisotopic (exact) mass is 529 g/mol. The minimum atomic E-state index is -0.675. The molecule has 1 aromatic rings. The first kappa shape index (κ1) is 30.7. The van der Waals surface area contributed by atoms with Gasteiger partial charge in [-0.1, -0.05) is 19.6 Å². The lowest BCUT2D eigenvalue weighted by molar-refractivity contribution is -0.155. The summed E-state index contributed by atoms with van der Waals surface area (Å²) in [6.45, 7) is 25.3. The molecule has 0 radical (unpaired) electrons. The number of carbonyl (C=O) groups excluding carboxylic acids is 1. The highest BCUT2D eigenvalue weighted by atomic mass is 16.6. The molecule has 38 heavy (non-hydrogen) atoms. The number of nitrogens with zero attached hydrogens (tertiary/aromatic N) is 6. The van der Waals surface area contributed by atoms with E-state index >= 15 is 0 Å². The number of aromatic nitrogens is 3. The number of carbonyl (C=O) groups is 1. The average Bonchev–Trinajstić information content (AvgIpc) is 3.40. The zero-order valence-corrected chi connectivity index (χ0v) is 23.9. The van der Waals surface area contributed by atoms with Crippen LogP contribution in [0.3, 0.4) is 0 Å². The van der Waals surface area contributed by atoms with E-state index < -0.39 is 22.5 Å². The first-order valence-corrected chi connectivity index (χ1v) is 12.9. The number of aliphatic imine (C=N–C) groups is 1. The lowest BCUT2D eigenvalue weighted by Gasteiger charge is -2.26. The van der Waals surface area contributed by atoms with Crippen molar-refractivity contribution < 1.29 is 9.53 Å². The number of ether oxygens (including phenoxy) is 1. The Morgan fingerprint density at radius 3 is 2.45 bits per heavy atom. The topological polar surface area (TPSA) is 123 Å². The van der Waals surface area contributed by atoms with E-state index in [2.05, 4.69) is 40.3 Å². The van der Waals surface area contributed by atoms with Crippen molar-refractivity contribution in [1.82, 2.24) is 19.1 Å². The summed E-state index contributed by atoms with van der Waals surface area (Å²) < 4.78 is 7.97. The molecule has 1 fully saturated rings. The van der Waals surface area contributed by atoms with Gasteiger partial charge in [-0.25, -0.2) is 14.2 Å². The number of nitrogens with one attached hydrogen (secondary N) is 1. The molecule has 1 N–H and O–H groups in total. The fourth-order valence-corrected chi connectivity index (χ4v) is 4.68.